The minimum absolute atomic E-state index is 0.156. The van der Waals surface area contributed by atoms with Gasteiger partial charge >= 0.3 is 6.16 Å². The average molecular weight is 522 g/mol. The van der Waals surface area contributed by atoms with Gasteiger partial charge in [-0.15, -0.1) is 0 Å². The van der Waals surface area contributed by atoms with Crippen LogP contribution in [0.15, 0.2) is 24.3 Å². The van der Waals surface area contributed by atoms with Gasteiger partial charge in [0, 0.05) is 18.4 Å². The average Bonchev–Trinajstić information content (AvgIpc) is 3.71. The molecule has 37 heavy (non-hydrogen) atoms. The van der Waals surface area contributed by atoms with E-state index in [-0.39, 0.29) is 36.5 Å². The van der Waals surface area contributed by atoms with Crippen molar-refractivity contribution in [2.75, 3.05) is 33.5 Å². The number of carbonyl (C=O) groups excluding carboxylic acids is 1. The summed E-state index contributed by atoms with van der Waals surface area (Å²) >= 11 is 0. The molecule has 2 atom stereocenters. The lowest BCUT2D eigenvalue weighted by atomic mass is 9.73. The zero-order valence-corrected chi connectivity index (χ0v) is 23.3. The number of hydrogen-bond acceptors (Lipinski definition) is 9. The molecular weight excluding hydrogens is 478 g/mol. The van der Waals surface area contributed by atoms with Gasteiger partial charge in [0.25, 0.3) is 0 Å². The maximum atomic E-state index is 11.7. The second-order valence-electron chi connectivity index (χ2n) is 11.5. The number of piperidine rings is 1. The summed E-state index contributed by atoms with van der Waals surface area (Å²) in [6, 6.07) is 8.08. The number of ether oxygens (including phenoxy) is 6. The standard InChI is InChI=1S/C28H43NO8/c1-8-27(9-2)17-28(34-18-26(6,19-35-28)36-24(30)31-7)16-25(4,5)29(27)37-20(3)21-10-12-22(13-11-21)32-14-23-15-33-23/h10-13,20,23H,8-9,14-19H2,1-7H3. The van der Waals surface area contributed by atoms with Crippen molar-refractivity contribution in [2.45, 2.75) is 102 Å². The molecule has 4 rings (SSSR count). The first-order valence-corrected chi connectivity index (χ1v) is 13.3. The van der Waals surface area contributed by atoms with Gasteiger partial charge in [-0.2, -0.15) is 5.06 Å². The van der Waals surface area contributed by atoms with Crippen LogP contribution < -0.4 is 4.74 Å². The van der Waals surface area contributed by atoms with Gasteiger partial charge in [-0.3, -0.25) is 4.84 Å². The van der Waals surface area contributed by atoms with Crippen LogP contribution >= 0.6 is 0 Å². The van der Waals surface area contributed by atoms with E-state index in [4.69, 9.17) is 28.5 Å². The Morgan fingerprint density at radius 1 is 1.08 bits per heavy atom. The van der Waals surface area contributed by atoms with Crippen LogP contribution in [0.3, 0.4) is 0 Å². The Labute approximate surface area is 220 Å². The topological polar surface area (TPSA) is 88.2 Å². The van der Waals surface area contributed by atoms with Crippen LogP contribution in [-0.2, 0) is 28.5 Å². The maximum absolute atomic E-state index is 11.7. The lowest BCUT2D eigenvalue weighted by molar-refractivity contribution is -0.398. The fraction of sp³-hybridized carbons (Fsp3) is 0.750. The minimum atomic E-state index is -0.896. The number of hydrogen-bond donors (Lipinski definition) is 0. The lowest BCUT2D eigenvalue weighted by Gasteiger charge is -2.61. The van der Waals surface area contributed by atoms with E-state index < -0.39 is 17.5 Å². The highest BCUT2D eigenvalue weighted by atomic mass is 16.8. The Hall–Kier alpha value is -1.91. The summed E-state index contributed by atoms with van der Waals surface area (Å²) in [5.74, 6) is 0.0416. The van der Waals surface area contributed by atoms with Crippen LogP contribution in [0.4, 0.5) is 4.79 Å². The number of benzene rings is 1. The van der Waals surface area contributed by atoms with Crippen molar-refractivity contribution in [1.29, 1.82) is 0 Å². The molecule has 0 aromatic heterocycles. The summed E-state index contributed by atoms with van der Waals surface area (Å²) in [5, 5.41) is 2.19. The fourth-order valence-electron chi connectivity index (χ4n) is 5.62. The molecule has 0 saturated carbocycles. The van der Waals surface area contributed by atoms with Crippen molar-refractivity contribution in [2.24, 2.45) is 0 Å². The van der Waals surface area contributed by atoms with Gasteiger partial charge in [0.2, 0.25) is 0 Å². The van der Waals surface area contributed by atoms with Crippen LogP contribution in [0.1, 0.15) is 78.9 Å². The molecule has 9 nitrogen and oxygen atoms in total. The van der Waals surface area contributed by atoms with E-state index in [1.165, 1.54) is 7.11 Å². The number of hydroxylamine groups is 2. The summed E-state index contributed by atoms with van der Waals surface area (Å²) < 4.78 is 33.9. The summed E-state index contributed by atoms with van der Waals surface area (Å²) in [6.07, 6.45) is 2.31. The summed E-state index contributed by atoms with van der Waals surface area (Å²) in [5.41, 5.74) is -0.510. The van der Waals surface area contributed by atoms with Crippen molar-refractivity contribution < 1.29 is 38.1 Å². The highest BCUT2D eigenvalue weighted by Crippen LogP contribution is 2.51. The van der Waals surface area contributed by atoms with E-state index in [2.05, 4.69) is 56.6 Å². The van der Waals surface area contributed by atoms with Gasteiger partial charge < -0.3 is 28.4 Å². The van der Waals surface area contributed by atoms with E-state index in [9.17, 15) is 4.79 Å². The molecule has 3 heterocycles. The van der Waals surface area contributed by atoms with Gasteiger partial charge in [0.05, 0.1) is 32.5 Å². The summed E-state index contributed by atoms with van der Waals surface area (Å²) in [7, 11) is 1.29. The monoisotopic (exact) mass is 521 g/mol. The molecule has 0 aliphatic carbocycles. The Balaban J connectivity index is 1.47. The molecule has 3 aliphatic rings. The third-order valence-corrected chi connectivity index (χ3v) is 7.83. The first-order chi connectivity index (χ1) is 17.5. The van der Waals surface area contributed by atoms with Gasteiger partial charge in [-0.05, 0) is 58.2 Å². The SMILES string of the molecule is CCC1(CC)CC2(CC(C)(C)N1OC(C)c1ccc(OCC3CO3)cc1)OCC(C)(OC(=O)OC)CO2. The van der Waals surface area contributed by atoms with Crippen LogP contribution in [0.25, 0.3) is 0 Å². The van der Waals surface area contributed by atoms with E-state index in [1.54, 1.807) is 6.92 Å². The predicted octanol–water partition coefficient (Wildman–Crippen LogP) is 5.17. The molecule has 1 aromatic carbocycles. The molecule has 3 saturated heterocycles. The maximum Gasteiger partial charge on any atom is 0.508 e. The van der Waals surface area contributed by atoms with E-state index in [0.717, 1.165) is 30.8 Å². The molecule has 0 amide bonds. The normalized spacial score (nSPS) is 31.5. The lowest BCUT2D eigenvalue weighted by Crippen LogP contribution is -2.70. The second-order valence-corrected chi connectivity index (χ2v) is 11.5. The van der Waals surface area contributed by atoms with Crippen molar-refractivity contribution in [3.8, 4) is 5.75 Å². The molecule has 9 heteroatoms. The number of methoxy groups -OCH3 is 1. The number of nitrogens with zero attached hydrogens (tertiary/aromatic N) is 1. The van der Waals surface area contributed by atoms with Gasteiger partial charge in [0.1, 0.15) is 24.6 Å². The molecular formula is C28H43NO8. The second kappa shape index (κ2) is 10.7. The van der Waals surface area contributed by atoms with Crippen molar-refractivity contribution >= 4 is 6.16 Å². The van der Waals surface area contributed by atoms with Crippen molar-refractivity contribution in [1.82, 2.24) is 5.06 Å². The van der Waals surface area contributed by atoms with Crippen LogP contribution in [0.5, 0.6) is 5.75 Å². The Kier molecular flexibility index (Phi) is 8.12. The zero-order valence-electron chi connectivity index (χ0n) is 23.3. The number of epoxide rings is 1. The molecule has 1 aromatic rings. The highest BCUT2D eigenvalue weighted by molar-refractivity contribution is 5.60. The van der Waals surface area contributed by atoms with Crippen LogP contribution in [-0.4, -0.2) is 73.3 Å². The summed E-state index contributed by atoms with van der Waals surface area (Å²) in [6.45, 7) is 14.4. The highest BCUT2D eigenvalue weighted by Gasteiger charge is 2.60. The van der Waals surface area contributed by atoms with Crippen LogP contribution in [0, 0.1) is 0 Å². The molecule has 0 N–H and O–H groups in total. The quantitative estimate of drug-likeness (QED) is 0.322. The van der Waals surface area contributed by atoms with E-state index in [0.29, 0.717) is 19.4 Å². The Morgan fingerprint density at radius 3 is 2.24 bits per heavy atom. The first-order valence-electron chi connectivity index (χ1n) is 13.3. The largest absolute Gasteiger partial charge is 0.508 e. The zero-order chi connectivity index (χ0) is 26.9. The molecule has 3 aliphatic heterocycles. The Bertz CT molecular complexity index is 917. The number of rotatable bonds is 9. The van der Waals surface area contributed by atoms with Gasteiger partial charge in [0.15, 0.2) is 11.4 Å². The van der Waals surface area contributed by atoms with Crippen LogP contribution in [0.2, 0.25) is 0 Å². The summed E-state index contributed by atoms with van der Waals surface area (Å²) in [4.78, 5) is 18.5. The number of carbonyl (C=O) groups is 1. The third-order valence-electron chi connectivity index (χ3n) is 7.83. The molecule has 2 unspecified atom stereocenters. The van der Waals surface area contributed by atoms with Gasteiger partial charge in [-0.1, -0.05) is 26.0 Å². The van der Waals surface area contributed by atoms with E-state index >= 15 is 0 Å². The van der Waals surface area contributed by atoms with Crippen molar-refractivity contribution in [3.63, 3.8) is 0 Å². The van der Waals surface area contributed by atoms with Crippen molar-refractivity contribution in [3.05, 3.63) is 29.8 Å². The smallest absolute Gasteiger partial charge is 0.491 e. The molecule has 0 bridgehead atoms. The fourth-order valence-corrected chi connectivity index (χ4v) is 5.62. The third kappa shape index (κ3) is 6.23. The molecule has 208 valence electrons. The Morgan fingerprint density at radius 2 is 1.70 bits per heavy atom. The predicted molar refractivity (Wildman–Crippen MR) is 136 cm³/mol. The minimum Gasteiger partial charge on any atom is -0.491 e. The van der Waals surface area contributed by atoms with Gasteiger partial charge in [-0.25, -0.2) is 4.79 Å². The molecule has 3 fully saturated rings. The molecule has 0 radical (unpaired) electrons. The van der Waals surface area contributed by atoms with E-state index in [1.807, 2.05) is 12.1 Å². The molecule has 1 spiro atoms. The first kappa shape index (κ1) is 28.1.